The van der Waals surface area contributed by atoms with Crippen molar-refractivity contribution in [1.82, 2.24) is 15.3 Å². The fourth-order valence-electron chi connectivity index (χ4n) is 2.39. The molecule has 3 rings (SSSR count). The molecule has 0 fully saturated rings. The number of aromatic nitrogens is 2. The van der Waals surface area contributed by atoms with Crippen LogP contribution in [0.4, 0.5) is 0 Å². The highest BCUT2D eigenvalue weighted by molar-refractivity contribution is 7.07. The lowest BCUT2D eigenvalue weighted by molar-refractivity contribution is 0.619. The Hall–Kier alpha value is -1.78. The van der Waals surface area contributed by atoms with Crippen molar-refractivity contribution in [3.63, 3.8) is 0 Å². The minimum Gasteiger partial charge on any atom is -0.305 e. The molecule has 3 aromatic rings. The number of nitrogens with zero attached hydrogens (tertiary/aromatic N) is 2. The molecular weight excluding hydrogens is 266 g/mol. The molecule has 102 valence electrons. The van der Waals surface area contributed by atoms with Gasteiger partial charge in [-0.1, -0.05) is 19.1 Å². The quantitative estimate of drug-likeness (QED) is 0.793. The summed E-state index contributed by atoms with van der Waals surface area (Å²) in [5.74, 6) is 0. The maximum absolute atomic E-state index is 4.55. The molecule has 0 saturated carbocycles. The lowest BCUT2D eigenvalue weighted by Gasteiger charge is -2.16. The molecule has 1 unspecified atom stereocenters. The lowest BCUT2D eigenvalue weighted by Crippen LogP contribution is -2.22. The van der Waals surface area contributed by atoms with Gasteiger partial charge >= 0.3 is 0 Å². The highest BCUT2D eigenvalue weighted by atomic mass is 32.1. The van der Waals surface area contributed by atoms with Crippen molar-refractivity contribution in [3.05, 3.63) is 58.2 Å². The fourth-order valence-corrected chi connectivity index (χ4v) is 2.97. The zero-order chi connectivity index (χ0) is 13.9. The van der Waals surface area contributed by atoms with Crippen LogP contribution in [0.25, 0.3) is 10.9 Å². The van der Waals surface area contributed by atoms with Crippen molar-refractivity contribution in [2.24, 2.45) is 0 Å². The predicted octanol–water partition coefficient (Wildman–Crippen LogP) is 3.70. The molecule has 1 N–H and O–H groups in total. The first-order valence-corrected chi connectivity index (χ1v) is 7.71. The summed E-state index contributed by atoms with van der Waals surface area (Å²) in [6.45, 7) is 5.04. The number of hydrogen-bond donors (Lipinski definition) is 1. The van der Waals surface area contributed by atoms with E-state index in [1.165, 1.54) is 10.9 Å². The molecular formula is C16H17N3S. The molecule has 0 radical (unpaired) electrons. The van der Waals surface area contributed by atoms with Crippen LogP contribution in [0.15, 0.2) is 41.2 Å². The summed E-state index contributed by atoms with van der Waals surface area (Å²) >= 11 is 1.63. The number of aryl methyl sites for hydroxylation is 1. The molecule has 2 heterocycles. The summed E-state index contributed by atoms with van der Waals surface area (Å²) in [6, 6.07) is 10.8. The first-order valence-electron chi connectivity index (χ1n) is 6.76. The molecule has 3 nitrogen and oxygen atoms in total. The van der Waals surface area contributed by atoms with Crippen molar-refractivity contribution >= 4 is 22.2 Å². The number of pyridine rings is 1. The van der Waals surface area contributed by atoms with Gasteiger partial charge in [-0.2, -0.15) is 0 Å². The van der Waals surface area contributed by atoms with E-state index in [0.29, 0.717) is 0 Å². The summed E-state index contributed by atoms with van der Waals surface area (Å²) in [4.78, 5) is 9.00. The second-order valence-corrected chi connectivity index (χ2v) is 5.53. The minimum absolute atomic E-state index is 0.150. The van der Waals surface area contributed by atoms with Gasteiger partial charge in [0.05, 0.1) is 22.8 Å². The normalized spacial score (nSPS) is 12.7. The molecule has 4 heteroatoms. The van der Waals surface area contributed by atoms with Crippen molar-refractivity contribution in [2.45, 2.75) is 19.9 Å². The Balaban J connectivity index is 2.05. The third-order valence-electron chi connectivity index (χ3n) is 3.34. The largest absolute Gasteiger partial charge is 0.305 e. The minimum atomic E-state index is 0.150. The van der Waals surface area contributed by atoms with Crippen molar-refractivity contribution < 1.29 is 0 Å². The number of rotatable bonds is 4. The van der Waals surface area contributed by atoms with Crippen LogP contribution in [0.2, 0.25) is 0 Å². The third-order valence-corrected chi connectivity index (χ3v) is 3.95. The van der Waals surface area contributed by atoms with Crippen molar-refractivity contribution in [1.29, 1.82) is 0 Å². The van der Waals surface area contributed by atoms with Crippen LogP contribution >= 0.6 is 11.3 Å². The van der Waals surface area contributed by atoms with E-state index in [4.69, 9.17) is 0 Å². The number of thiazole rings is 1. The molecule has 20 heavy (non-hydrogen) atoms. The molecule has 2 aromatic heterocycles. The molecule has 0 aliphatic rings. The smallest absolute Gasteiger partial charge is 0.0795 e. The second kappa shape index (κ2) is 5.69. The van der Waals surface area contributed by atoms with Gasteiger partial charge in [0.2, 0.25) is 0 Å². The fraction of sp³-hybridized carbons (Fsp3) is 0.250. The van der Waals surface area contributed by atoms with Crippen LogP contribution in [-0.4, -0.2) is 16.5 Å². The maximum atomic E-state index is 4.55. The molecule has 0 amide bonds. The van der Waals surface area contributed by atoms with E-state index in [2.05, 4.69) is 57.9 Å². The number of hydrogen-bond acceptors (Lipinski definition) is 4. The summed E-state index contributed by atoms with van der Waals surface area (Å²) in [7, 11) is 0. The molecule has 0 aliphatic heterocycles. The third kappa shape index (κ3) is 2.57. The van der Waals surface area contributed by atoms with Gasteiger partial charge in [-0.25, -0.2) is 4.98 Å². The van der Waals surface area contributed by atoms with Crippen LogP contribution in [0, 0.1) is 6.92 Å². The van der Waals surface area contributed by atoms with Crippen LogP contribution in [0.5, 0.6) is 0 Å². The van der Waals surface area contributed by atoms with Gasteiger partial charge in [-0.05, 0) is 37.2 Å². The van der Waals surface area contributed by atoms with E-state index >= 15 is 0 Å². The summed E-state index contributed by atoms with van der Waals surface area (Å²) in [6.07, 6.45) is 0. The Morgan fingerprint density at radius 1 is 1.25 bits per heavy atom. The van der Waals surface area contributed by atoms with E-state index in [0.717, 1.165) is 23.4 Å². The first-order chi connectivity index (χ1) is 9.78. The topological polar surface area (TPSA) is 37.8 Å². The summed E-state index contributed by atoms with van der Waals surface area (Å²) < 4.78 is 0. The zero-order valence-electron chi connectivity index (χ0n) is 11.6. The molecule has 0 aliphatic carbocycles. The molecule has 0 spiro atoms. The highest BCUT2D eigenvalue weighted by Gasteiger charge is 2.15. The van der Waals surface area contributed by atoms with Gasteiger partial charge in [-0.15, -0.1) is 11.3 Å². The Morgan fingerprint density at radius 2 is 2.15 bits per heavy atom. The lowest BCUT2D eigenvalue weighted by atomic mass is 10.0. The number of benzene rings is 1. The standard InChI is InChI=1S/C16H17N3S/c1-3-17-16(15-9-20-10-18-15)13-6-7-14-12(8-13)5-4-11(2)19-14/h4-10,16-17H,3H2,1-2H3. The van der Waals surface area contributed by atoms with Gasteiger partial charge in [0.1, 0.15) is 0 Å². The zero-order valence-corrected chi connectivity index (χ0v) is 12.4. The van der Waals surface area contributed by atoms with Crippen LogP contribution in [0.1, 0.15) is 29.9 Å². The van der Waals surface area contributed by atoms with E-state index in [9.17, 15) is 0 Å². The van der Waals surface area contributed by atoms with Crippen LogP contribution < -0.4 is 5.32 Å². The van der Waals surface area contributed by atoms with Crippen LogP contribution in [0.3, 0.4) is 0 Å². The Morgan fingerprint density at radius 3 is 2.90 bits per heavy atom. The van der Waals surface area contributed by atoms with Crippen molar-refractivity contribution in [3.8, 4) is 0 Å². The van der Waals surface area contributed by atoms with Gasteiger partial charge in [0, 0.05) is 16.5 Å². The van der Waals surface area contributed by atoms with Crippen molar-refractivity contribution in [2.75, 3.05) is 6.54 Å². The van der Waals surface area contributed by atoms with E-state index in [1.54, 1.807) is 11.3 Å². The summed E-state index contributed by atoms with van der Waals surface area (Å²) in [5.41, 5.74) is 6.29. The monoisotopic (exact) mass is 283 g/mol. The second-order valence-electron chi connectivity index (χ2n) is 4.81. The summed E-state index contributed by atoms with van der Waals surface area (Å²) in [5, 5.41) is 6.78. The van der Waals surface area contributed by atoms with Gasteiger partial charge in [0.25, 0.3) is 0 Å². The van der Waals surface area contributed by atoms with Gasteiger partial charge in [-0.3, -0.25) is 4.98 Å². The van der Waals surface area contributed by atoms with E-state index < -0.39 is 0 Å². The predicted molar refractivity (Wildman–Crippen MR) is 84.1 cm³/mol. The first kappa shape index (κ1) is 13.2. The average molecular weight is 283 g/mol. The Labute approximate surface area is 122 Å². The molecule has 0 bridgehead atoms. The Bertz CT molecular complexity index is 707. The average Bonchev–Trinajstić information content (AvgIpc) is 2.98. The molecule has 0 saturated heterocycles. The SMILES string of the molecule is CCNC(c1ccc2nc(C)ccc2c1)c1cscn1. The molecule has 1 aromatic carbocycles. The molecule has 1 atom stereocenters. The maximum Gasteiger partial charge on any atom is 0.0795 e. The van der Waals surface area contributed by atoms with Gasteiger partial charge < -0.3 is 5.32 Å². The number of nitrogens with one attached hydrogen (secondary N) is 1. The van der Waals surface area contributed by atoms with E-state index in [-0.39, 0.29) is 6.04 Å². The highest BCUT2D eigenvalue weighted by Crippen LogP contribution is 2.25. The van der Waals surface area contributed by atoms with Gasteiger partial charge in [0.15, 0.2) is 0 Å². The number of fused-ring (bicyclic) bond motifs is 1. The van der Waals surface area contributed by atoms with Crippen LogP contribution in [-0.2, 0) is 0 Å². The Kier molecular flexibility index (Phi) is 3.76. The van der Waals surface area contributed by atoms with E-state index in [1.807, 2.05) is 12.4 Å².